The monoisotopic (exact) mass is 402 g/mol. The Kier molecular flexibility index (Phi) is 6.27. The van der Waals surface area contributed by atoms with Gasteiger partial charge < -0.3 is 14.7 Å². The number of benzene rings is 1. The highest BCUT2D eigenvalue weighted by atomic mass is 35.5. The molecule has 0 radical (unpaired) electrons. The average molecular weight is 403 g/mol. The molecule has 1 aromatic carbocycles. The first-order valence-electron chi connectivity index (χ1n) is 10.3. The van der Waals surface area contributed by atoms with E-state index >= 15 is 0 Å². The van der Waals surface area contributed by atoms with E-state index in [4.69, 9.17) is 16.1 Å². The fourth-order valence-electron chi connectivity index (χ4n) is 4.44. The third kappa shape index (κ3) is 4.73. The van der Waals surface area contributed by atoms with Crippen LogP contribution in [0.3, 0.4) is 0 Å². The number of piperidine rings is 2. The first-order valence-corrected chi connectivity index (χ1v) is 10.7. The van der Waals surface area contributed by atoms with Crippen LogP contribution in [0.4, 0.5) is 0 Å². The Bertz CT molecular complexity index is 790. The molecule has 0 bridgehead atoms. The highest BCUT2D eigenvalue weighted by Gasteiger charge is 2.32. The summed E-state index contributed by atoms with van der Waals surface area (Å²) in [5, 5.41) is 7.79. The molecule has 150 valence electrons. The molecule has 1 amide bonds. The van der Waals surface area contributed by atoms with Crippen LogP contribution >= 0.6 is 11.6 Å². The highest BCUT2D eigenvalue weighted by molar-refractivity contribution is 6.30. The number of hydrogen-bond donors (Lipinski definition) is 1. The molecule has 2 aliphatic rings. The standard InChI is InChI=1S/C21H27ClN4O2/c22-17-8-6-15(7-9-17)21-24-20(28-25-21)11-10-19(27)23-14-16-4-3-13-26-12-2-1-5-18(16)26/h6-9,16,18H,1-5,10-14H2,(H,23,27)/t16-,18+/m1/s1. The number of nitrogens with one attached hydrogen (secondary N) is 1. The molecule has 2 saturated heterocycles. The molecule has 2 aromatic rings. The smallest absolute Gasteiger partial charge is 0.227 e. The van der Waals surface area contributed by atoms with Crippen molar-refractivity contribution in [3.63, 3.8) is 0 Å². The molecule has 1 aromatic heterocycles. The van der Waals surface area contributed by atoms with Crippen LogP contribution in [0.15, 0.2) is 28.8 Å². The maximum atomic E-state index is 12.3. The van der Waals surface area contributed by atoms with Crippen molar-refractivity contribution >= 4 is 17.5 Å². The minimum absolute atomic E-state index is 0.0548. The Balaban J connectivity index is 1.24. The molecule has 4 rings (SSSR count). The molecular weight excluding hydrogens is 376 g/mol. The van der Waals surface area contributed by atoms with E-state index < -0.39 is 0 Å². The van der Waals surface area contributed by atoms with Crippen LogP contribution < -0.4 is 5.32 Å². The van der Waals surface area contributed by atoms with Crippen LogP contribution in [0.25, 0.3) is 11.4 Å². The van der Waals surface area contributed by atoms with Gasteiger partial charge in [-0.1, -0.05) is 23.2 Å². The fourth-order valence-corrected chi connectivity index (χ4v) is 4.57. The zero-order valence-corrected chi connectivity index (χ0v) is 16.8. The molecule has 2 fully saturated rings. The number of nitrogens with zero attached hydrogens (tertiary/aromatic N) is 3. The summed E-state index contributed by atoms with van der Waals surface area (Å²) >= 11 is 5.90. The normalized spacial score (nSPS) is 22.6. The minimum atomic E-state index is 0.0548. The van der Waals surface area contributed by atoms with Crippen LogP contribution in [-0.4, -0.2) is 46.6 Å². The number of aromatic nitrogens is 2. The van der Waals surface area contributed by atoms with E-state index in [9.17, 15) is 4.79 Å². The van der Waals surface area contributed by atoms with Gasteiger partial charge in [0.1, 0.15) is 0 Å². The summed E-state index contributed by atoms with van der Waals surface area (Å²) in [6, 6.07) is 7.93. The number of amides is 1. The lowest BCUT2D eigenvalue weighted by Crippen LogP contribution is -2.51. The van der Waals surface area contributed by atoms with Gasteiger partial charge in [0.05, 0.1) is 0 Å². The van der Waals surface area contributed by atoms with Crippen molar-refractivity contribution in [2.24, 2.45) is 5.92 Å². The number of hydrogen-bond acceptors (Lipinski definition) is 5. The van der Waals surface area contributed by atoms with Gasteiger partial charge in [0.2, 0.25) is 17.6 Å². The Labute approximate surface area is 170 Å². The van der Waals surface area contributed by atoms with Crippen LogP contribution in [0.1, 0.15) is 44.4 Å². The molecular formula is C21H27ClN4O2. The van der Waals surface area contributed by atoms with Gasteiger partial charge in [-0.2, -0.15) is 4.98 Å². The molecule has 0 aliphatic carbocycles. The van der Waals surface area contributed by atoms with Gasteiger partial charge in [-0.25, -0.2) is 0 Å². The third-order valence-electron chi connectivity index (χ3n) is 5.93. The maximum Gasteiger partial charge on any atom is 0.227 e. The third-order valence-corrected chi connectivity index (χ3v) is 6.18. The molecule has 0 unspecified atom stereocenters. The van der Waals surface area contributed by atoms with Crippen molar-refractivity contribution in [1.29, 1.82) is 0 Å². The highest BCUT2D eigenvalue weighted by Crippen LogP contribution is 2.30. The van der Waals surface area contributed by atoms with Crippen molar-refractivity contribution in [1.82, 2.24) is 20.4 Å². The summed E-state index contributed by atoms with van der Waals surface area (Å²) < 4.78 is 5.28. The molecule has 2 aliphatic heterocycles. The minimum Gasteiger partial charge on any atom is -0.356 e. The second kappa shape index (κ2) is 9.05. The lowest BCUT2D eigenvalue weighted by molar-refractivity contribution is -0.121. The van der Waals surface area contributed by atoms with Crippen LogP contribution in [0.2, 0.25) is 5.02 Å². The van der Waals surface area contributed by atoms with Gasteiger partial charge in [-0.15, -0.1) is 0 Å². The zero-order chi connectivity index (χ0) is 19.3. The Morgan fingerprint density at radius 3 is 2.86 bits per heavy atom. The molecule has 7 heteroatoms. The molecule has 0 saturated carbocycles. The second-order valence-corrected chi connectivity index (χ2v) is 8.26. The van der Waals surface area contributed by atoms with Gasteiger partial charge in [-0.3, -0.25) is 4.79 Å². The Hall–Kier alpha value is -1.92. The quantitative estimate of drug-likeness (QED) is 0.797. The molecule has 2 atom stereocenters. The van der Waals surface area contributed by atoms with E-state index in [0.29, 0.717) is 41.5 Å². The van der Waals surface area contributed by atoms with Gasteiger partial charge in [0.15, 0.2) is 0 Å². The lowest BCUT2D eigenvalue weighted by Gasteiger charge is -2.44. The number of rotatable bonds is 6. The topological polar surface area (TPSA) is 71.3 Å². The lowest BCUT2D eigenvalue weighted by atomic mass is 9.83. The number of carbonyl (C=O) groups excluding carboxylic acids is 1. The molecule has 0 spiro atoms. The van der Waals surface area contributed by atoms with E-state index in [2.05, 4.69) is 20.4 Å². The average Bonchev–Trinajstić information content (AvgIpc) is 3.20. The summed E-state index contributed by atoms with van der Waals surface area (Å²) in [6.07, 6.45) is 7.19. The maximum absolute atomic E-state index is 12.3. The van der Waals surface area contributed by atoms with E-state index in [0.717, 1.165) is 12.1 Å². The van der Waals surface area contributed by atoms with E-state index in [1.54, 1.807) is 12.1 Å². The second-order valence-electron chi connectivity index (χ2n) is 7.82. The first-order chi connectivity index (χ1) is 13.7. The summed E-state index contributed by atoms with van der Waals surface area (Å²) in [5.41, 5.74) is 0.846. The van der Waals surface area contributed by atoms with Crippen molar-refractivity contribution in [2.45, 2.75) is 51.0 Å². The molecule has 1 N–H and O–H groups in total. The molecule has 6 nitrogen and oxygen atoms in total. The summed E-state index contributed by atoms with van der Waals surface area (Å²) in [7, 11) is 0. The van der Waals surface area contributed by atoms with Crippen molar-refractivity contribution in [2.75, 3.05) is 19.6 Å². The van der Waals surface area contributed by atoms with Crippen LogP contribution in [-0.2, 0) is 11.2 Å². The first kappa shape index (κ1) is 19.4. The SMILES string of the molecule is O=C(CCc1nc(-c2ccc(Cl)cc2)no1)NC[C@H]1CCCN2CCCC[C@@H]12. The fraction of sp³-hybridized carbons (Fsp3) is 0.571. The van der Waals surface area contributed by atoms with E-state index in [1.165, 1.54) is 45.2 Å². The predicted molar refractivity (Wildman–Crippen MR) is 108 cm³/mol. The number of halogens is 1. The van der Waals surface area contributed by atoms with Gasteiger partial charge >= 0.3 is 0 Å². The number of aryl methyl sites for hydroxylation is 1. The van der Waals surface area contributed by atoms with E-state index in [1.807, 2.05) is 12.1 Å². The predicted octanol–water partition coefficient (Wildman–Crippen LogP) is 3.70. The zero-order valence-electron chi connectivity index (χ0n) is 16.1. The summed E-state index contributed by atoms with van der Waals surface area (Å²) in [4.78, 5) is 19.3. The van der Waals surface area contributed by atoms with Crippen molar-refractivity contribution in [3.05, 3.63) is 35.2 Å². The summed E-state index contributed by atoms with van der Waals surface area (Å²) in [6.45, 7) is 3.23. The van der Waals surface area contributed by atoms with Crippen LogP contribution in [0.5, 0.6) is 0 Å². The summed E-state index contributed by atoms with van der Waals surface area (Å²) in [5.74, 6) is 1.64. The molecule has 3 heterocycles. The van der Waals surface area contributed by atoms with E-state index in [-0.39, 0.29) is 5.91 Å². The molecule has 28 heavy (non-hydrogen) atoms. The van der Waals surface area contributed by atoms with Gasteiger partial charge in [0, 0.05) is 36.0 Å². The van der Waals surface area contributed by atoms with Gasteiger partial charge in [-0.05, 0) is 69.0 Å². The van der Waals surface area contributed by atoms with Crippen LogP contribution in [0, 0.1) is 5.92 Å². The largest absolute Gasteiger partial charge is 0.356 e. The van der Waals surface area contributed by atoms with Crippen molar-refractivity contribution in [3.8, 4) is 11.4 Å². The van der Waals surface area contributed by atoms with Crippen molar-refractivity contribution < 1.29 is 9.32 Å². The number of carbonyl (C=O) groups is 1. The Morgan fingerprint density at radius 1 is 1.18 bits per heavy atom. The van der Waals surface area contributed by atoms with Gasteiger partial charge in [0.25, 0.3) is 0 Å². The number of fused-ring (bicyclic) bond motifs is 1. The Morgan fingerprint density at radius 2 is 2.00 bits per heavy atom.